The van der Waals surface area contributed by atoms with E-state index >= 15 is 0 Å². The highest BCUT2D eigenvalue weighted by Gasteiger charge is 2.19. The molecule has 0 heterocycles. The molecule has 0 spiro atoms. The van der Waals surface area contributed by atoms with Crippen molar-refractivity contribution in [1.82, 2.24) is 0 Å². The molecule has 0 unspecified atom stereocenters. The van der Waals surface area contributed by atoms with Gasteiger partial charge in [0.15, 0.2) is 0 Å². The first-order chi connectivity index (χ1) is 9.64. The molecular weight excluding hydrogens is 376 g/mol. The third-order valence-electron chi connectivity index (χ3n) is 3.45. The summed E-state index contributed by atoms with van der Waals surface area (Å²) in [5.74, 6) is 0.350. The van der Waals surface area contributed by atoms with Crippen molar-refractivity contribution in [1.29, 1.82) is 0 Å². The largest absolute Gasteiger partial charge is 0.116 e. The Morgan fingerprint density at radius 3 is 1.85 bits per heavy atom. The molecule has 2 aromatic rings. The average molecular weight is 390 g/mol. The maximum Gasteiger partial charge on any atom is 0.116 e. The van der Waals surface area contributed by atoms with E-state index in [2.05, 4.69) is 105 Å². The molecule has 20 heavy (non-hydrogen) atoms. The van der Waals surface area contributed by atoms with Gasteiger partial charge in [0.2, 0.25) is 0 Å². The second-order valence-corrected chi connectivity index (χ2v) is 8.60. The Bertz CT molecular complexity index is 621. The molecule has 0 fully saturated rings. The number of hydrogen-bond acceptors (Lipinski definition) is 0. The third kappa shape index (κ3) is 3.13. The molecule has 3 rings (SSSR count). The first kappa shape index (κ1) is 13.8. The fraction of sp³-hybridized carbons (Fsp3) is 0.111. The summed E-state index contributed by atoms with van der Waals surface area (Å²) in [6, 6.07) is 19.3. The summed E-state index contributed by atoms with van der Waals surface area (Å²) in [5, 5.41) is 0. The molecule has 0 saturated heterocycles. The highest BCUT2D eigenvalue weighted by atomic mass is 79.9. The van der Waals surface area contributed by atoms with Gasteiger partial charge in [-0.1, -0.05) is 111 Å². The highest BCUT2D eigenvalue weighted by molar-refractivity contribution is 9.25. The number of halogens is 2. The summed E-state index contributed by atoms with van der Waals surface area (Å²) in [7, 11) is 0. The summed E-state index contributed by atoms with van der Waals surface area (Å²) in [6.45, 7) is 0. The van der Waals surface area contributed by atoms with Gasteiger partial charge in [-0.15, -0.1) is 0 Å². The van der Waals surface area contributed by atoms with Gasteiger partial charge >= 0.3 is 0 Å². The Morgan fingerprint density at radius 1 is 0.700 bits per heavy atom. The minimum Gasteiger partial charge on any atom is -0.0747 e. The smallest absolute Gasteiger partial charge is 0.0747 e. The van der Waals surface area contributed by atoms with E-state index in [1.807, 2.05) is 6.07 Å². The van der Waals surface area contributed by atoms with Crippen LogP contribution in [0.4, 0.5) is 0 Å². The minimum atomic E-state index is -0.180. The monoisotopic (exact) mass is 388 g/mol. The third-order valence-corrected chi connectivity index (χ3v) is 4.51. The minimum absolute atomic E-state index is 0.180. The molecule has 0 bridgehead atoms. The van der Waals surface area contributed by atoms with E-state index in [0.717, 1.165) is 0 Å². The lowest BCUT2D eigenvalue weighted by Crippen LogP contribution is -2.08. The first-order valence-electron chi connectivity index (χ1n) is 6.56. The van der Waals surface area contributed by atoms with E-state index in [9.17, 15) is 0 Å². The maximum absolute atomic E-state index is 3.58. The number of rotatable bonds is 2. The van der Waals surface area contributed by atoms with Gasteiger partial charge in [0.25, 0.3) is 0 Å². The van der Waals surface area contributed by atoms with E-state index in [-0.39, 0.29) is 3.23 Å². The molecule has 0 radical (unpaired) electrons. The zero-order valence-corrected chi connectivity index (χ0v) is 14.0. The van der Waals surface area contributed by atoms with Crippen molar-refractivity contribution < 1.29 is 0 Å². The number of alkyl halides is 2. The van der Waals surface area contributed by atoms with Crippen LogP contribution in [0.5, 0.6) is 0 Å². The van der Waals surface area contributed by atoms with Crippen molar-refractivity contribution >= 4 is 31.9 Å². The molecule has 0 amide bonds. The standard InChI is InChI=1S/C18H14Br2/c19-18(20)12-10-17(11-13-18)16-8-6-15(7-9-16)14-4-2-1-3-5-14/h1-13,17H. The van der Waals surface area contributed by atoms with E-state index < -0.39 is 0 Å². The molecule has 0 nitrogen and oxygen atoms in total. The molecule has 0 N–H and O–H groups in total. The van der Waals surface area contributed by atoms with E-state index in [1.165, 1.54) is 16.7 Å². The Kier molecular flexibility index (Phi) is 3.95. The predicted octanol–water partition coefficient (Wildman–Crippen LogP) is 6.05. The van der Waals surface area contributed by atoms with Gasteiger partial charge in [-0.25, -0.2) is 0 Å². The molecule has 2 heteroatoms. The molecule has 1 aliphatic carbocycles. The van der Waals surface area contributed by atoms with Crippen molar-refractivity contribution in [3.8, 4) is 11.1 Å². The van der Waals surface area contributed by atoms with E-state index in [0.29, 0.717) is 5.92 Å². The van der Waals surface area contributed by atoms with Crippen molar-refractivity contribution in [2.24, 2.45) is 0 Å². The van der Waals surface area contributed by atoms with Crippen LogP contribution < -0.4 is 0 Å². The summed E-state index contributed by atoms with van der Waals surface area (Å²) >= 11 is 7.16. The van der Waals surface area contributed by atoms with Crippen LogP contribution in [0.3, 0.4) is 0 Å². The van der Waals surface area contributed by atoms with Gasteiger partial charge in [0.1, 0.15) is 3.23 Å². The first-order valence-corrected chi connectivity index (χ1v) is 8.15. The zero-order valence-electron chi connectivity index (χ0n) is 10.8. The maximum atomic E-state index is 3.58. The van der Waals surface area contributed by atoms with Gasteiger partial charge in [-0.3, -0.25) is 0 Å². The Hall–Kier alpha value is -1.12. The summed E-state index contributed by atoms with van der Waals surface area (Å²) in [6.07, 6.45) is 8.67. The fourth-order valence-electron chi connectivity index (χ4n) is 2.33. The van der Waals surface area contributed by atoms with Crippen LogP contribution in [-0.4, -0.2) is 3.23 Å². The van der Waals surface area contributed by atoms with Gasteiger partial charge in [-0.05, 0) is 16.7 Å². The molecular formula is C18H14Br2. The normalized spacial score (nSPS) is 17.3. The van der Waals surface area contributed by atoms with Gasteiger partial charge < -0.3 is 0 Å². The molecule has 100 valence electrons. The summed E-state index contributed by atoms with van der Waals surface area (Å²) < 4.78 is -0.180. The van der Waals surface area contributed by atoms with Crippen LogP contribution in [0.25, 0.3) is 11.1 Å². The molecule has 0 saturated carbocycles. The van der Waals surface area contributed by atoms with Crippen LogP contribution in [0.1, 0.15) is 11.5 Å². The molecule has 0 aliphatic heterocycles. The van der Waals surface area contributed by atoms with Gasteiger partial charge in [0, 0.05) is 5.92 Å². The SMILES string of the molecule is BrC1(Br)C=CC(c2ccc(-c3ccccc3)cc2)C=C1. The van der Waals surface area contributed by atoms with Crippen LogP contribution >= 0.6 is 31.9 Å². The molecule has 0 atom stereocenters. The lowest BCUT2D eigenvalue weighted by Gasteiger charge is -2.19. The second kappa shape index (κ2) is 5.71. The predicted molar refractivity (Wildman–Crippen MR) is 93.5 cm³/mol. The fourth-order valence-corrected chi connectivity index (χ4v) is 2.94. The Morgan fingerprint density at radius 2 is 1.25 bits per heavy atom. The van der Waals surface area contributed by atoms with Crippen LogP contribution in [-0.2, 0) is 0 Å². The van der Waals surface area contributed by atoms with Crippen molar-refractivity contribution in [3.63, 3.8) is 0 Å². The molecule has 1 aliphatic rings. The van der Waals surface area contributed by atoms with Gasteiger partial charge in [0.05, 0.1) is 0 Å². The average Bonchev–Trinajstić information content (AvgIpc) is 2.48. The quantitative estimate of drug-likeness (QED) is 0.433. The summed E-state index contributed by atoms with van der Waals surface area (Å²) in [5.41, 5.74) is 3.83. The van der Waals surface area contributed by atoms with E-state index in [1.54, 1.807) is 0 Å². The Balaban J connectivity index is 1.83. The lowest BCUT2D eigenvalue weighted by atomic mass is 9.93. The number of allylic oxidation sites excluding steroid dienone is 4. The molecule has 0 aromatic heterocycles. The van der Waals surface area contributed by atoms with Crippen molar-refractivity contribution in [2.45, 2.75) is 9.15 Å². The highest BCUT2D eigenvalue weighted by Crippen LogP contribution is 2.36. The van der Waals surface area contributed by atoms with Crippen LogP contribution in [0.15, 0.2) is 78.9 Å². The van der Waals surface area contributed by atoms with Crippen molar-refractivity contribution in [2.75, 3.05) is 0 Å². The topological polar surface area (TPSA) is 0 Å². The van der Waals surface area contributed by atoms with E-state index in [4.69, 9.17) is 0 Å². The van der Waals surface area contributed by atoms with Gasteiger partial charge in [-0.2, -0.15) is 0 Å². The summed E-state index contributed by atoms with van der Waals surface area (Å²) in [4.78, 5) is 0. The van der Waals surface area contributed by atoms with Crippen LogP contribution in [0.2, 0.25) is 0 Å². The Labute approximate surface area is 136 Å². The van der Waals surface area contributed by atoms with Crippen molar-refractivity contribution in [3.05, 3.63) is 84.5 Å². The number of benzene rings is 2. The molecule has 2 aromatic carbocycles. The second-order valence-electron chi connectivity index (χ2n) is 4.91. The number of hydrogen-bond donors (Lipinski definition) is 0. The van der Waals surface area contributed by atoms with Crippen LogP contribution in [0, 0.1) is 0 Å². The zero-order chi connectivity index (χ0) is 14.0. The lowest BCUT2D eigenvalue weighted by molar-refractivity contribution is 1.03.